The van der Waals surface area contributed by atoms with E-state index in [0.717, 1.165) is 5.92 Å². The second-order valence-corrected chi connectivity index (χ2v) is 5.89. The highest BCUT2D eigenvalue weighted by Gasteiger charge is 2.21. The van der Waals surface area contributed by atoms with E-state index in [1.807, 2.05) is 0 Å². The molecule has 0 aliphatic carbocycles. The van der Waals surface area contributed by atoms with Crippen LogP contribution in [-0.2, 0) is 0 Å². The van der Waals surface area contributed by atoms with Crippen LogP contribution in [0.15, 0.2) is 28.7 Å². The van der Waals surface area contributed by atoms with E-state index < -0.39 is 0 Å². The molecular formula is C14H20BrN. The van der Waals surface area contributed by atoms with Gasteiger partial charge in [0.2, 0.25) is 0 Å². The van der Waals surface area contributed by atoms with Crippen molar-refractivity contribution in [3.8, 4) is 0 Å². The number of hydrogen-bond acceptors (Lipinski definition) is 1. The Kier molecular flexibility index (Phi) is 4.04. The summed E-state index contributed by atoms with van der Waals surface area (Å²) in [5, 5.41) is 0. The van der Waals surface area contributed by atoms with Gasteiger partial charge in [-0.05, 0) is 49.9 Å². The van der Waals surface area contributed by atoms with Crippen molar-refractivity contribution in [3.63, 3.8) is 0 Å². The topological polar surface area (TPSA) is 3.24 Å². The SMILES string of the molecule is CC1CCCN(C(C)c2cccc(Br)c2)C1. The third kappa shape index (κ3) is 2.86. The van der Waals surface area contributed by atoms with Gasteiger partial charge in [-0.1, -0.05) is 35.0 Å². The molecule has 1 fully saturated rings. The molecule has 1 nitrogen and oxygen atoms in total. The number of piperidine rings is 1. The molecule has 2 unspecified atom stereocenters. The van der Waals surface area contributed by atoms with Gasteiger partial charge in [-0.3, -0.25) is 4.90 Å². The monoisotopic (exact) mass is 281 g/mol. The van der Waals surface area contributed by atoms with Crippen LogP contribution in [-0.4, -0.2) is 18.0 Å². The van der Waals surface area contributed by atoms with Crippen LogP contribution in [0.2, 0.25) is 0 Å². The normalized spacial score (nSPS) is 24.3. The van der Waals surface area contributed by atoms with Crippen LogP contribution in [0.5, 0.6) is 0 Å². The van der Waals surface area contributed by atoms with E-state index in [1.165, 1.54) is 36.0 Å². The van der Waals surface area contributed by atoms with Crippen LogP contribution >= 0.6 is 15.9 Å². The quantitative estimate of drug-likeness (QED) is 0.784. The summed E-state index contributed by atoms with van der Waals surface area (Å²) >= 11 is 3.55. The van der Waals surface area contributed by atoms with Gasteiger partial charge in [0.25, 0.3) is 0 Å². The Morgan fingerprint density at radius 3 is 2.94 bits per heavy atom. The van der Waals surface area contributed by atoms with E-state index in [-0.39, 0.29) is 0 Å². The number of nitrogens with zero attached hydrogens (tertiary/aromatic N) is 1. The van der Waals surface area contributed by atoms with E-state index >= 15 is 0 Å². The van der Waals surface area contributed by atoms with Crippen LogP contribution in [0.25, 0.3) is 0 Å². The van der Waals surface area contributed by atoms with E-state index in [4.69, 9.17) is 0 Å². The minimum Gasteiger partial charge on any atom is -0.296 e. The second kappa shape index (κ2) is 5.33. The zero-order valence-corrected chi connectivity index (χ0v) is 11.7. The first-order valence-electron chi connectivity index (χ1n) is 6.16. The molecule has 0 radical (unpaired) electrons. The van der Waals surface area contributed by atoms with Gasteiger partial charge in [0.1, 0.15) is 0 Å². The zero-order chi connectivity index (χ0) is 11.5. The summed E-state index contributed by atoms with van der Waals surface area (Å²) in [4.78, 5) is 2.61. The van der Waals surface area contributed by atoms with Crippen molar-refractivity contribution < 1.29 is 0 Å². The Hall–Kier alpha value is -0.340. The van der Waals surface area contributed by atoms with Crippen molar-refractivity contribution in [3.05, 3.63) is 34.3 Å². The predicted octanol–water partition coefficient (Wildman–Crippen LogP) is 4.24. The number of hydrogen-bond donors (Lipinski definition) is 0. The fourth-order valence-electron chi connectivity index (χ4n) is 2.55. The Morgan fingerprint density at radius 1 is 1.44 bits per heavy atom. The van der Waals surface area contributed by atoms with Crippen molar-refractivity contribution in [2.75, 3.05) is 13.1 Å². The minimum atomic E-state index is 0.542. The lowest BCUT2D eigenvalue weighted by Crippen LogP contribution is -2.36. The first-order chi connectivity index (χ1) is 7.66. The molecule has 0 saturated carbocycles. The number of benzene rings is 1. The molecular weight excluding hydrogens is 262 g/mol. The summed E-state index contributed by atoms with van der Waals surface area (Å²) in [5.74, 6) is 0.850. The first kappa shape index (κ1) is 12.1. The molecule has 0 bridgehead atoms. The summed E-state index contributed by atoms with van der Waals surface area (Å²) in [5.41, 5.74) is 1.42. The Labute approximate surface area is 107 Å². The average Bonchev–Trinajstić information content (AvgIpc) is 2.28. The Morgan fingerprint density at radius 2 is 2.25 bits per heavy atom. The Balaban J connectivity index is 2.09. The van der Waals surface area contributed by atoms with Crippen molar-refractivity contribution in [2.45, 2.75) is 32.7 Å². The molecule has 1 heterocycles. The van der Waals surface area contributed by atoms with Gasteiger partial charge in [0.15, 0.2) is 0 Å². The summed E-state index contributed by atoms with van der Waals surface area (Å²) in [6, 6.07) is 9.23. The van der Waals surface area contributed by atoms with Crippen molar-refractivity contribution >= 4 is 15.9 Å². The summed E-state index contributed by atoms with van der Waals surface area (Å²) in [6.45, 7) is 7.17. The van der Waals surface area contributed by atoms with Gasteiger partial charge in [-0.25, -0.2) is 0 Å². The summed E-state index contributed by atoms with van der Waals surface area (Å²) in [6.07, 6.45) is 2.74. The van der Waals surface area contributed by atoms with Gasteiger partial charge < -0.3 is 0 Å². The summed E-state index contributed by atoms with van der Waals surface area (Å²) < 4.78 is 1.18. The van der Waals surface area contributed by atoms with Crippen molar-refractivity contribution in [1.82, 2.24) is 4.90 Å². The molecule has 0 spiro atoms. The molecule has 2 rings (SSSR count). The molecule has 1 aromatic rings. The smallest absolute Gasteiger partial charge is 0.0320 e. The van der Waals surface area contributed by atoms with Crippen molar-refractivity contribution in [2.24, 2.45) is 5.92 Å². The van der Waals surface area contributed by atoms with E-state index in [1.54, 1.807) is 0 Å². The number of rotatable bonds is 2. The van der Waals surface area contributed by atoms with Crippen LogP contribution in [0.4, 0.5) is 0 Å². The van der Waals surface area contributed by atoms with Gasteiger partial charge in [0.05, 0.1) is 0 Å². The average molecular weight is 282 g/mol. The maximum absolute atomic E-state index is 3.55. The first-order valence-corrected chi connectivity index (χ1v) is 6.95. The number of halogens is 1. The molecule has 1 saturated heterocycles. The highest BCUT2D eigenvalue weighted by atomic mass is 79.9. The Bertz CT molecular complexity index is 350. The van der Waals surface area contributed by atoms with E-state index in [9.17, 15) is 0 Å². The molecule has 1 aliphatic rings. The minimum absolute atomic E-state index is 0.542. The lowest BCUT2D eigenvalue weighted by molar-refractivity contribution is 0.139. The molecule has 0 N–H and O–H groups in total. The molecule has 0 amide bonds. The highest BCUT2D eigenvalue weighted by molar-refractivity contribution is 9.10. The lowest BCUT2D eigenvalue weighted by Gasteiger charge is -2.35. The zero-order valence-electron chi connectivity index (χ0n) is 10.1. The van der Waals surface area contributed by atoms with Gasteiger partial charge >= 0.3 is 0 Å². The van der Waals surface area contributed by atoms with E-state index in [0.29, 0.717) is 6.04 Å². The van der Waals surface area contributed by atoms with Crippen LogP contribution in [0, 0.1) is 5.92 Å². The molecule has 2 heteroatoms. The molecule has 88 valence electrons. The van der Waals surface area contributed by atoms with Crippen LogP contribution in [0.1, 0.15) is 38.3 Å². The second-order valence-electron chi connectivity index (χ2n) is 4.97. The standard InChI is InChI=1S/C14H20BrN/c1-11-5-4-8-16(10-11)12(2)13-6-3-7-14(15)9-13/h3,6-7,9,11-12H,4-5,8,10H2,1-2H3. The fourth-order valence-corrected chi connectivity index (χ4v) is 2.97. The molecule has 1 aliphatic heterocycles. The highest BCUT2D eigenvalue weighted by Crippen LogP contribution is 2.27. The maximum Gasteiger partial charge on any atom is 0.0320 e. The molecule has 0 aromatic heterocycles. The molecule has 2 atom stereocenters. The lowest BCUT2D eigenvalue weighted by atomic mass is 9.97. The van der Waals surface area contributed by atoms with Gasteiger partial charge in [-0.15, -0.1) is 0 Å². The molecule has 1 aromatic carbocycles. The maximum atomic E-state index is 3.55. The predicted molar refractivity (Wildman–Crippen MR) is 72.5 cm³/mol. The van der Waals surface area contributed by atoms with Crippen molar-refractivity contribution in [1.29, 1.82) is 0 Å². The van der Waals surface area contributed by atoms with Gasteiger partial charge in [-0.2, -0.15) is 0 Å². The van der Waals surface area contributed by atoms with Crippen LogP contribution in [0.3, 0.4) is 0 Å². The van der Waals surface area contributed by atoms with Gasteiger partial charge in [0, 0.05) is 17.1 Å². The fraction of sp³-hybridized carbons (Fsp3) is 0.571. The third-order valence-corrected chi connectivity index (χ3v) is 4.06. The summed E-state index contributed by atoms with van der Waals surface area (Å²) in [7, 11) is 0. The third-order valence-electron chi connectivity index (χ3n) is 3.57. The van der Waals surface area contributed by atoms with E-state index in [2.05, 4.69) is 58.9 Å². The van der Waals surface area contributed by atoms with Crippen LogP contribution < -0.4 is 0 Å². The number of likely N-dealkylation sites (tertiary alicyclic amines) is 1. The molecule has 16 heavy (non-hydrogen) atoms. The largest absolute Gasteiger partial charge is 0.296 e.